The van der Waals surface area contributed by atoms with Crippen LogP contribution in [0, 0.1) is 0 Å². The Bertz CT molecular complexity index is 413. The molecule has 0 amide bonds. The second-order valence-corrected chi connectivity index (χ2v) is 7.84. The molecule has 1 N–H and O–H groups in total. The molecule has 0 bridgehead atoms. The average Bonchev–Trinajstić information content (AvgIpc) is 2.21. The van der Waals surface area contributed by atoms with Gasteiger partial charge in [0.1, 0.15) is 0 Å². The summed E-state index contributed by atoms with van der Waals surface area (Å²) in [5.74, 6) is 0. The van der Waals surface area contributed by atoms with Gasteiger partial charge in [0.05, 0.1) is 18.5 Å². The maximum absolute atomic E-state index is 5.20. The predicted octanol–water partition coefficient (Wildman–Crippen LogP) is 3.83. The zero-order valence-electron chi connectivity index (χ0n) is 11.1. The smallest absolute Gasteiger partial charge is 0.0611 e. The number of thioether (sulfide) groups is 1. The number of hydrogen-bond donors (Lipinski definition) is 1. The molecule has 1 aromatic rings. The fourth-order valence-corrected chi connectivity index (χ4v) is 3.29. The van der Waals surface area contributed by atoms with Crippen LogP contribution in [0.1, 0.15) is 26.3 Å². The van der Waals surface area contributed by atoms with E-state index < -0.39 is 0 Å². The van der Waals surface area contributed by atoms with Crippen LogP contribution < -0.4 is 5.32 Å². The van der Waals surface area contributed by atoms with Crippen molar-refractivity contribution in [3.05, 3.63) is 28.2 Å². The lowest BCUT2D eigenvalue weighted by Crippen LogP contribution is -2.35. The lowest BCUT2D eigenvalue weighted by molar-refractivity contribution is 0.0455. The Morgan fingerprint density at radius 2 is 2.11 bits per heavy atom. The van der Waals surface area contributed by atoms with E-state index in [-0.39, 0.29) is 5.54 Å². The van der Waals surface area contributed by atoms with Gasteiger partial charge < -0.3 is 10.1 Å². The molecule has 2 nitrogen and oxygen atoms in total. The van der Waals surface area contributed by atoms with Crippen molar-refractivity contribution < 1.29 is 4.74 Å². The predicted molar refractivity (Wildman–Crippen MR) is 81.2 cm³/mol. The van der Waals surface area contributed by atoms with E-state index in [1.165, 1.54) is 14.9 Å². The quantitative estimate of drug-likeness (QED) is 0.907. The molecule has 2 rings (SSSR count). The zero-order valence-corrected chi connectivity index (χ0v) is 13.5. The number of ether oxygens (including phenoxy) is 1. The monoisotopic (exact) mass is 329 g/mol. The first-order chi connectivity index (χ1) is 8.44. The molecule has 1 aromatic carbocycles. The van der Waals surface area contributed by atoms with Gasteiger partial charge in [-0.05, 0) is 54.4 Å². The van der Waals surface area contributed by atoms with Crippen molar-refractivity contribution in [3.63, 3.8) is 0 Å². The summed E-state index contributed by atoms with van der Waals surface area (Å²) in [6.45, 7) is 9.21. The van der Waals surface area contributed by atoms with E-state index in [2.05, 4.69) is 60.2 Å². The summed E-state index contributed by atoms with van der Waals surface area (Å²) in [5.41, 5.74) is 1.47. The number of halogens is 1. The number of rotatable bonds is 4. The highest BCUT2D eigenvalue weighted by molar-refractivity contribution is 9.10. The number of hydrogen-bond acceptors (Lipinski definition) is 3. The van der Waals surface area contributed by atoms with E-state index in [1.807, 2.05) is 11.8 Å². The van der Waals surface area contributed by atoms with Crippen LogP contribution >= 0.6 is 27.7 Å². The van der Waals surface area contributed by atoms with E-state index in [1.54, 1.807) is 0 Å². The Balaban J connectivity index is 1.95. The molecule has 0 aliphatic carbocycles. The minimum Gasteiger partial charge on any atom is -0.379 e. The van der Waals surface area contributed by atoms with Gasteiger partial charge in [0.15, 0.2) is 0 Å². The van der Waals surface area contributed by atoms with Crippen molar-refractivity contribution in [2.75, 3.05) is 13.2 Å². The zero-order chi connectivity index (χ0) is 13.2. The van der Waals surface area contributed by atoms with Crippen molar-refractivity contribution in [3.8, 4) is 0 Å². The fourth-order valence-electron chi connectivity index (χ4n) is 1.58. The van der Waals surface area contributed by atoms with Crippen molar-refractivity contribution in [2.45, 2.75) is 43.0 Å². The van der Waals surface area contributed by atoms with E-state index in [9.17, 15) is 0 Å². The first-order valence-electron chi connectivity index (χ1n) is 6.22. The molecule has 18 heavy (non-hydrogen) atoms. The maximum Gasteiger partial charge on any atom is 0.0611 e. The molecule has 4 heteroatoms. The van der Waals surface area contributed by atoms with Gasteiger partial charge in [0.25, 0.3) is 0 Å². The van der Waals surface area contributed by atoms with Crippen LogP contribution in [0.5, 0.6) is 0 Å². The normalized spacial score (nSPS) is 16.7. The number of benzene rings is 1. The second-order valence-electron chi connectivity index (χ2n) is 5.65. The highest BCUT2D eigenvalue weighted by Gasteiger charge is 2.20. The van der Waals surface area contributed by atoms with Crippen LogP contribution in [0.4, 0.5) is 0 Å². The molecule has 0 radical (unpaired) electrons. The second kappa shape index (κ2) is 5.95. The Morgan fingerprint density at radius 3 is 2.61 bits per heavy atom. The van der Waals surface area contributed by atoms with Gasteiger partial charge in [-0.15, -0.1) is 11.8 Å². The van der Waals surface area contributed by atoms with Crippen molar-refractivity contribution in [1.29, 1.82) is 0 Å². The molecule has 0 atom stereocenters. The van der Waals surface area contributed by atoms with E-state index in [4.69, 9.17) is 4.74 Å². The standard InChI is InChI=1S/C14H20BrNOS/c1-14(2,3)16-7-10-4-5-13(12(15)6-10)18-11-8-17-9-11/h4-6,11,16H,7-9H2,1-3H3. The third-order valence-electron chi connectivity index (χ3n) is 2.72. The minimum atomic E-state index is 0.156. The molecular weight excluding hydrogens is 310 g/mol. The largest absolute Gasteiger partial charge is 0.379 e. The summed E-state index contributed by atoms with van der Waals surface area (Å²) in [6, 6.07) is 6.61. The van der Waals surface area contributed by atoms with Gasteiger partial charge in [0, 0.05) is 21.5 Å². The molecule has 0 aromatic heterocycles. The summed E-state index contributed by atoms with van der Waals surface area (Å²) in [4.78, 5) is 1.31. The third-order valence-corrected chi connectivity index (χ3v) is 4.85. The van der Waals surface area contributed by atoms with Gasteiger partial charge in [0.2, 0.25) is 0 Å². The van der Waals surface area contributed by atoms with Crippen LogP contribution in [-0.4, -0.2) is 24.0 Å². The van der Waals surface area contributed by atoms with Crippen LogP contribution in [0.3, 0.4) is 0 Å². The molecule has 0 saturated carbocycles. The summed E-state index contributed by atoms with van der Waals surface area (Å²) in [7, 11) is 0. The molecule has 1 aliphatic heterocycles. The third kappa shape index (κ3) is 4.26. The van der Waals surface area contributed by atoms with E-state index in [0.29, 0.717) is 5.25 Å². The first-order valence-corrected chi connectivity index (χ1v) is 7.89. The van der Waals surface area contributed by atoms with Crippen molar-refractivity contribution in [2.24, 2.45) is 0 Å². The molecule has 0 unspecified atom stereocenters. The van der Waals surface area contributed by atoms with Crippen LogP contribution in [-0.2, 0) is 11.3 Å². The van der Waals surface area contributed by atoms with Gasteiger partial charge in [-0.3, -0.25) is 0 Å². The maximum atomic E-state index is 5.20. The van der Waals surface area contributed by atoms with Gasteiger partial charge in [-0.25, -0.2) is 0 Å². The highest BCUT2D eigenvalue weighted by Crippen LogP contribution is 2.34. The summed E-state index contributed by atoms with van der Waals surface area (Å²) in [5, 5.41) is 4.13. The number of nitrogens with one attached hydrogen (secondary N) is 1. The van der Waals surface area contributed by atoms with Gasteiger partial charge in [-0.1, -0.05) is 6.07 Å². The fraction of sp³-hybridized carbons (Fsp3) is 0.571. The average molecular weight is 330 g/mol. The molecule has 100 valence electrons. The highest BCUT2D eigenvalue weighted by atomic mass is 79.9. The molecule has 1 heterocycles. The molecule has 1 saturated heterocycles. The van der Waals surface area contributed by atoms with Gasteiger partial charge in [-0.2, -0.15) is 0 Å². The van der Waals surface area contributed by atoms with E-state index >= 15 is 0 Å². The first kappa shape index (κ1) is 14.4. The van der Waals surface area contributed by atoms with Crippen molar-refractivity contribution in [1.82, 2.24) is 5.32 Å². The lowest BCUT2D eigenvalue weighted by Gasteiger charge is -2.25. The van der Waals surface area contributed by atoms with Gasteiger partial charge >= 0.3 is 0 Å². The Hall–Kier alpha value is -0.0300. The lowest BCUT2D eigenvalue weighted by atomic mass is 10.1. The van der Waals surface area contributed by atoms with Crippen LogP contribution in [0.2, 0.25) is 0 Å². The Morgan fingerprint density at radius 1 is 1.39 bits per heavy atom. The summed E-state index contributed by atoms with van der Waals surface area (Å²) < 4.78 is 6.39. The van der Waals surface area contributed by atoms with E-state index in [0.717, 1.165) is 19.8 Å². The van der Waals surface area contributed by atoms with Crippen LogP contribution in [0.15, 0.2) is 27.6 Å². The molecule has 0 spiro atoms. The Labute approximate surface area is 122 Å². The minimum absolute atomic E-state index is 0.156. The summed E-state index contributed by atoms with van der Waals surface area (Å²) in [6.07, 6.45) is 0. The SMILES string of the molecule is CC(C)(C)NCc1ccc(SC2COC2)c(Br)c1. The topological polar surface area (TPSA) is 21.3 Å². The van der Waals surface area contributed by atoms with Crippen LogP contribution in [0.25, 0.3) is 0 Å². The molecular formula is C14H20BrNOS. The summed E-state index contributed by atoms with van der Waals surface area (Å²) >= 11 is 5.56. The molecule has 1 aliphatic rings. The van der Waals surface area contributed by atoms with Crippen molar-refractivity contribution >= 4 is 27.7 Å². The molecule has 1 fully saturated rings. The Kier molecular flexibility index (Phi) is 4.75.